The predicted octanol–water partition coefficient (Wildman–Crippen LogP) is 4.55. The quantitative estimate of drug-likeness (QED) is 0.567. The zero-order valence-corrected chi connectivity index (χ0v) is 16.0. The van der Waals surface area contributed by atoms with Crippen LogP contribution in [0.1, 0.15) is 36.0 Å². The predicted molar refractivity (Wildman–Crippen MR) is 107 cm³/mol. The van der Waals surface area contributed by atoms with Crippen molar-refractivity contribution in [1.29, 1.82) is 0 Å². The molecule has 3 aromatic rings. The molecule has 9 heteroatoms. The summed E-state index contributed by atoms with van der Waals surface area (Å²) in [5.74, 6) is -3.65. The van der Waals surface area contributed by atoms with Crippen molar-refractivity contribution in [3.8, 4) is 5.75 Å². The largest absolute Gasteiger partial charge is 0.507 e. The van der Waals surface area contributed by atoms with Crippen molar-refractivity contribution in [2.45, 2.75) is 38.2 Å². The van der Waals surface area contributed by atoms with Crippen molar-refractivity contribution in [2.75, 3.05) is 5.32 Å². The number of carbonyl (C=O) groups excluding carboxylic acids is 1. The Labute approximate surface area is 170 Å². The van der Waals surface area contributed by atoms with Crippen LogP contribution in [0.2, 0.25) is 0 Å². The van der Waals surface area contributed by atoms with Gasteiger partial charge in [-0.05, 0) is 43.0 Å². The van der Waals surface area contributed by atoms with Crippen LogP contribution in [0.3, 0.4) is 0 Å². The average molecular weight is 418 g/mol. The molecule has 1 aliphatic carbocycles. The third-order valence-electron chi connectivity index (χ3n) is 5.51. The van der Waals surface area contributed by atoms with Crippen molar-refractivity contribution in [1.82, 2.24) is 9.55 Å². The van der Waals surface area contributed by atoms with Crippen molar-refractivity contribution in [2.24, 2.45) is 11.7 Å². The lowest BCUT2D eigenvalue weighted by Crippen LogP contribution is -2.27. The summed E-state index contributed by atoms with van der Waals surface area (Å²) < 4.78 is 42.6. The Bertz CT molecular complexity index is 1100. The Balaban J connectivity index is 1.66. The van der Waals surface area contributed by atoms with Crippen molar-refractivity contribution in [3.63, 3.8) is 0 Å². The molecule has 1 aromatic heterocycles. The number of hydrogen-bond donors (Lipinski definition) is 3. The number of amides is 1. The topological polar surface area (TPSA) is 93.2 Å². The number of fused-ring (bicyclic) bond motifs is 1. The van der Waals surface area contributed by atoms with Gasteiger partial charge >= 0.3 is 0 Å². The Kier molecular flexibility index (Phi) is 5.05. The van der Waals surface area contributed by atoms with E-state index in [1.165, 1.54) is 24.3 Å². The lowest BCUT2D eigenvalue weighted by Gasteiger charge is -2.29. The van der Waals surface area contributed by atoms with Crippen molar-refractivity contribution in [3.05, 3.63) is 47.8 Å². The monoisotopic (exact) mass is 418 g/mol. The number of nitrogens with one attached hydrogen (secondary N) is 1. The molecule has 1 saturated carbocycles. The Morgan fingerprint density at radius 1 is 1.23 bits per heavy atom. The Morgan fingerprint density at radius 3 is 2.63 bits per heavy atom. The van der Waals surface area contributed by atoms with Gasteiger partial charge in [0, 0.05) is 37.2 Å². The van der Waals surface area contributed by atoms with E-state index in [1.54, 1.807) is 12.1 Å². The van der Waals surface area contributed by atoms with Crippen LogP contribution in [0.5, 0.6) is 5.75 Å². The van der Waals surface area contributed by atoms with Crippen LogP contribution < -0.4 is 11.1 Å². The highest BCUT2D eigenvalue weighted by Crippen LogP contribution is 2.38. The molecule has 4 rings (SSSR count). The number of hydrogen-bond acceptors (Lipinski definition) is 4. The summed E-state index contributed by atoms with van der Waals surface area (Å²) in [7, 11) is 0. The fourth-order valence-electron chi connectivity index (χ4n) is 3.87. The van der Waals surface area contributed by atoms with E-state index in [0.717, 1.165) is 0 Å². The maximum absolute atomic E-state index is 13.7. The number of halogens is 3. The molecule has 1 aliphatic rings. The molecular weight excluding hydrogens is 397 g/mol. The minimum absolute atomic E-state index is 0.0146. The zero-order valence-electron chi connectivity index (χ0n) is 16.0. The van der Waals surface area contributed by atoms with Gasteiger partial charge < -0.3 is 20.7 Å². The zero-order chi connectivity index (χ0) is 21.5. The molecule has 158 valence electrons. The van der Waals surface area contributed by atoms with Crippen LogP contribution in [-0.4, -0.2) is 26.5 Å². The smallest absolute Gasteiger partial charge is 0.252 e. The van der Waals surface area contributed by atoms with Crippen LogP contribution in [0.25, 0.3) is 11.0 Å². The number of nitrogens with zero attached hydrogens (tertiary/aromatic N) is 2. The second-order valence-electron chi connectivity index (χ2n) is 7.70. The fraction of sp³-hybridized carbons (Fsp3) is 0.333. The number of benzene rings is 2. The van der Waals surface area contributed by atoms with Gasteiger partial charge in [0.05, 0.1) is 16.6 Å². The maximum atomic E-state index is 13.7. The molecule has 0 aliphatic heterocycles. The van der Waals surface area contributed by atoms with Gasteiger partial charge in [-0.2, -0.15) is 0 Å². The number of aromatic hydroxyl groups is 1. The van der Waals surface area contributed by atoms with Crippen molar-refractivity contribution >= 4 is 28.6 Å². The summed E-state index contributed by atoms with van der Waals surface area (Å²) in [5, 5.41) is 13.1. The first-order valence-electron chi connectivity index (χ1n) is 9.65. The molecule has 0 spiro atoms. The van der Waals surface area contributed by atoms with Crippen LogP contribution in [0.15, 0.2) is 36.4 Å². The van der Waals surface area contributed by atoms with Crippen molar-refractivity contribution < 1.29 is 23.1 Å². The molecule has 4 N–H and O–H groups in total. The minimum Gasteiger partial charge on any atom is -0.507 e. The highest BCUT2D eigenvalue weighted by molar-refractivity contribution is 5.96. The molecule has 6 nitrogen and oxygen atoms in total. The SMILES string of the molecule is NC(=O)c1ccc(Nc2nc3cc(F)ccc3n2CC2CCC(F)(F)CC2)cc1O. The van der Waals surface area contributed by atoms with E-state index < -0.39 is 17.6 Å². The van der Waals surface area contributed by atoms with Crippen LogP contribution in [0.4, 0.5) is 24.8 Å². The number of nitrogens with two attached hydrogens (primary N) is 1. The van der Waals surface area contributed by atoms with Gasteiger partial charge in [-0.25, -0.2) is 18.2 Å². The van der Waals surface area contributed by atoms with Crippen LogP contribution >= 0.6 is 0 Å². The lowest BCUT2D eigenvalue weighted by molar-refractivity contribution is -0.0471. The van der Waals surface area contributed by atoms with Gasteiger partial charge in [0.2, 0.25) is 11.9 Å². The van der Waals surface area contributed by atoms with E-state index >= 15 is 0 Å². The number of phenols is 1. The van der Waals surface area contributed by atoms with Crippen LogP contribution in [-0.2, 0) is 6.54 Å². The first-order valence-corrected chi connectivity index (χ1v) is 9.65. The summed E-state index contributed by atoms with van der Waals surface area (Å²) in [6, 6.07) is 8.52. The molecule has 0 radical (unpaired) electrons. The van der Waals surface area contributed by atoms with Crippen LogP contribution in [0, 0.1) is 11.7 Å². The third-order valence-corrected chi connectivity index (χ3v) is 5.51. The molecule has 30 heavy (non-hydrogen) atoms. The summed E-state index contributed by atoms with van der Waals surface area (Å²) in [4.78, 5) is 15.7. The van der Waals surface area contributed by atoms with Gasteiger partial charge in [0.15, 0.2) is 0 Å². The van der Waals surface area contributed by atoms with Gasteiger partial charge in [-0.15, -0.1) is 0 Å². The number of carbonyl (C=O) groups is 1. The highest BCUT2D eigenvalue weighted by Gasteiger charge is 2.35. The number of anilines is 2. The van der Waals surface area contributed by atoms with E-state index in [9.17, 15) is 23.1 Å². The van der Waals surface area contributed by atoms with E-state index in [2.05, 4.69) is 10.3 Å². The number of alkyl halides is 2. The molecular formula is C21H21F3N4O2. The standard InChI is InChI=1S/C21H21F3N4O2/c22-13-1-4-17-16(9-13)27-20(26-14-2-3-15(19(25)30)18(29)10-14)28(17)11-12-5-7-21(23,24)8-6-12/h1-4,9-10,12,29H,5-8,11H2,(H2,25,30)(H,26,27). The number of primary amides is 1. The Morgan fingerprint density at radius 2 is 1.97 bits per heavy atom. The van der Waals surface area contributed by atoms with Gasteiger partial charge in [0.1, 0.15) is 11.6 Å². The molecule has 1 fully saturated rings. The Hall–Kier alpha value is -3.23. The molecule has 0 unspecified atom stereocenters. The molecule has 0 bridgehead atoms. The number of aromatic nitrogens is 2. The maximum Gasteiger partial charge on any atom is 0.252 e. The lowest BCUT2D eigenvalue weighted by atomic mass is 9.86. The summed E-state index contributed by atoms with van der Waals surface area (Å²) in [6.45, 7) is 0.450. The normalized spacial score (nSPS) is 16.6. The molecule has 1 heterocycles. The summed E-state index contributed by atoms with van der Waals surface area (Å²) >= 11 is 0. The van der Waals surface area contributed by atoms with Gasteiger partial charge in [0.25, 0.3) is 5.91 Å². The van der Waals surface area contributed by atoms with E-state index in [4.69, 9.17) is 5.73 Å². The summed E-state index contributed by atoms with van der Waals surface area (Å²) in [5.41, 5.74) is 6.74. The minimum atomic E-state index is -2.61. The summed E-state index contributed by atoms with van der Waals surface area (Å²) in [6.07, 6.45) is 0.483. The molecule has 2 aromatic carbocycles. The third kappa shape index (κ3) is 4.05. The number of imidazole rings is 1. The van der Waals surface area contributed by atoms with E-state index in [1.807, 2.05) is 4.57 Å². The highest BCUT2D eigenvalue weighted by atomic mass is 19.3. The average Bonchev–Trinajstić information content (AvgIpc) is 2.99. The first kappa shape index (κ1) is 20.1. The number of rotatable bonds is 5. The molecule has 0 saturated heterocycles. The van der Waals surface area contributed by atoms with E-state index in [0.29, 0.717) is 42.1 Å². The fourth-order valence-corrected chi connectivity index (χ4v) is 3.87. The second kappa shape index (κ2) is 7.55. The van der Waals surface area contributed by atoms with E-state index in [-0.39, 0.29) is 30.1 Å². The molecule has 1 amide bonds. The van der Waals surface area contributed by atoms with Gasteiger partial charge in [-0.1, -0.05) is 0 Å². The van der Waals surface area contributed by atoms with Gasteiger partial charge in [-0.3, -0.25) is 4.79 Å². The second-order valence-corrected chi connectivity index (χ2v) is 7.70. The first-order chi connectivity index (χ1) is 14.2. The molecule has 0 atom stereocenters.